The molecule has 4 rings (SSSR count). The molecule has 2 aliphatic rings. The maximum absolute atomic E-state index is 12.0. The molecule has 0 amide bonds. The second kappa shape index (κ2) is 3.72. The zero-order valence-electron chi connectivity index (χ0n) is 10.1. The lowest BCUT2D eigenvalue weighted by molar-refractivity contribution is 0.105. The molecule has 3 nitrogen and oxygen atoms in total. The van der Waals surface area contributed by atoms with Gasteiger partial charge in [0.1, 0.15) is 0 Å². The second-order valence-electron chi connectivity index (χ2n) is 4.54. The Labute approximate surface area is 110 Å². The summed E-state index contributed by atoms with van der Waals surface area (Å²) in [7, 11) is 0. The second-order valence-corrected chi connectivity index (χ2v) is 4.54. The molecule has 0 N–H and O–H groups in total. The van der Waals surface area contributed by atoms with E-state index >= 15 is 0 Å². The van der Waals surface area contributed by atoms with Crippen molar-refractivity contribution in [3.63, 3.8) is 0 Å². The molecule has 0 atom stereocenters. The molecule has 0 bridgehead atoms. The Balaban J connectivity index is 1.86. The van der Waals surface area contributed by atoms with Crippen molar-refractivity contribution in [3.05, 3.63) is 65.2 Å². The van der Waals surface area contributed by atoms with Gasteiger partial charge in [-0.3, -0.25) is 4.79 Å². The average Bonchev–Trinajstić information content (AvgIpc) is 3.03. The molecule has 2 aromatic carbocycles. The summed E-state index contributed by atoms with van der Waals surface area (Å²) in [5, 5.41) is 0. The van der Waals surface area contributed by atoms with Gasteiger partial charge in [0, 0.05) is 5.56 Å². The average molecular weight is 250 g/mol. The quantitative estimate of drug-likeness (QED) is 0.780. The van der Waals surface area contributed by atoms with Crippen LogP contribution >= 0.6 is 0 Å². The molecule has 0 saturated carbocycles. The molecule has 0 saturated heterocycles. The molecule has 1 aliphatic heterocycles. The van der Waals surface area contributed by atoms with Crippen LogP contribution in [-0.4, -0.2) is 12.6 Å². The summed E-state index contributed by atoms with van der Waals surface area (Å²) in [5.41, 5.74) is 3.66. The minimum absolute atomic E-state index is 0.0586. The molecular formula is C16H10O3. The van der Waals surface area contributed by atoms with E-state index in [2.05, 4.69) is 0 Å². The predicted octanol–water partition coefficient (Wildman–Crippen LogP) is 3.04. The van der Waals surface area contributed by atoms with E-state index in [9.17, 15) is 4.79 Å². The fourth-order valence-corrected chi connectivity index (χ4v) is 2.52. The van der Waals surface area contributed by atoms with Crippen LogP contribution in [0, 0.1) is 0 Å². The number of ketones is 1. The van der Waals surface area contributed by atoms with Crippen LogP contribution in [-0.2, 0) is 0 Å². The topological polar surface area (TPSA) is 35.5 Å². The molecule has 0 aromatic heterocycles. The van der Waals surface area contributed by atoms with Crippen LogP contribution in [0.25, 0.3) is 5.57 Å². The van der Waals surface area contributed by atoms with Crippen molar-refractivity contribution in [2.24, 2.45) is 0 Å². The number of hydrogen-bond donors (Lipinski definition) is 0. The van der Waals surface area contributed by atoms with E-state index in [-0.39, 0.29) is 12.6 Å². The largest absolute Gasteiger partial charge is 0.454 e. The number of allylic oxidation sites excluding steroid dienone is 1. The van der Waals surface area contributed by atoms with Gasteiger partial charge in [-0.15, -0.1) is 0 Å². The third-order valence-electron chi connectivity index (χ3n) is 3.44. The lowest BCUT2D eigenvalue weighted by Gasteiger charge is -2.06. The summed E-state index contributed by atoms with van der Waals surface area (Å²) >= 11 is 0. The molecule has 3 heteroatoms. The van der Waals surface area contributed by atoms with Crippen molar-refractivity contribution >= 4 is 11.4 Å². The minimum Gasteiger partial charge on any atom is -0.454 e. The zero-order valence-corrected chi connectivity index (χ0v) is 10.1. The first kappa shape index (κ1) is 10.4. The van der Waals surface area contributed by atoms with E-state index in [0.717, 1.165) is 33.8 Å². The Morgan fingerprint density at radius 3 is 2.58 bits per heavy atom. The summed E-state index contributed by atoms with van der Waals surface area (Å²) in [6.45, 7) is 0.257. The van der Waals surface area contributed by atoms with Gasteiger partial charge in [0.05, 0.1) is 0 Å². The van der Waals surface area contributed by atoms with E-state index in [1.165, 1.54) is 0 Å². The molecule has 1 heterocycles. The number of fused-ring (bicyclic) bond motifs is 2. The van der Waals surface area contributed by atoms with Gasteiger partial charge < -0.3 is 9.47 Å². The minimum atomic E-state index is 0.0586. The van der Waals surface area contributed by atoms with Gasteiger partial charge in [-0.1, -0.05) is 30.3 Å². The summed E-state index contributed by atoms with van der Waals surface area (Å²) in [6.07, 6.45) is 1.68. The Bertz CT molecular complexity index is 729. The van der Waals surface area contributed by atoms with Crippen molar-refractivity contribution in [2.45, 2.75) is 0 Å². The van der Waals surface area contributed by atoms with Gasteiger partial charge in [0.25, 0.3) is 0 Å². The molecule has 0 fully saturated rings. The molecule has 0 spiro atoms. The number of carbonyl (C=O) groups is 1. The van der Waals surface area contributed by atoms with Gasteiger partial charge in [-0.05, 0) is 34.9 Å². The Morgan fingerprint density at radius 1 is 0.895 bits per heavy atom. The van der Waals surface area contributed by atoms with Gasteiger partial charge in [0.15, 0.2) is 17.3 Å². The zero-order chi connectivity index (χ0) is 12.8. The number of benzene rings is 2. The van der Waals surface area contributed by atoms with Crippen LogP contribution in [0.5, 0.6) is 11.5 Å². The third kappa shape index (κ3) is 1.48. The molecule has 0 radical (unpaired) electrons. The van der Waals surface area contributed by atoms with Crippen LogP contribution < -0.4 is 9.47 Å². The third-order valence-corrected chi connectivity index (χ3v) is 3.44. The smallest absolute Gasteiger partial charge is 0.231 e. The number of ether oxygens (including phenoxy) is 2. The van der Waals surface area contributed by atoms with Crippen molar-refractivity contribution in [2.75, 3.05) is 6.79 Å². The maximum Gasteiger partial charge on any atom is 0.231 e. The molecule has 92 valence electrons. The first-order valence-corrected chi connectivity index (χ1v) is 6.08. The highest BCUT2D eigenvalue weighted by Gasteiger charge is 2.23. The fraction of sp³-hybridized carbons (Fsp3) is 0.0625. The van der Waals surface area contributed by atoms with Crippen LogP contribution in [0.4, 0.5) is 0 Å². The van der Waals surface area contributed by atoms with Crippen molar-refractivity contribution in [3.8, 4) is 11.5 Å². The first-order valence-electron chi connectivity index (χ1n) is 6.08. The number of rotatable bonds is 1. The van der Waals surface area contributed by atoms with E-state index in [1.807, 2.05) is 42.5 Å². The van der Waals surface area contributed by atoms with Crippen LogP contribution in [0.2, 0.25) is 0 Å². The lowest BCUT2D eigenvalue weighted by atomic mass is 9.99. The highest BCUT2D eigenvalue weighted by Crippen LogP contribution is 2.38. The Kier molecular flexibility index (Phi) is 2.03. The first-order chi connectivity index (χ1) is 9.33. The molecule has 19 heavy (non-hydrogen) atoms. The predicted molar refractivity (Wildman–Crippen MR) is 70.4 cm³/mol. The number of carbonyl (C=O) groups excluding carboxylic acids is 1. The highest BCUT2D eigenvalue weighted by atomic mass is 16.7. The summed E-state index contributed by atoms with van der Waals surface area (Å²) in [5.74, 6) is 1.54. The molecule has 0 unspecified atom stereocenters. The number of hydrogen-bond acceptors (Lipinski definition) is 3. The van der Waals surface area contributed by atoms with Crippen molar-refractivity contribution in [1.82, 2.24) is 0 Å². The summed E-state index contributed by atoms with van der Waals surface area (Å²) < 4.78 is 10.7. The van der Waals surface area contributed by atoms with Crippen LogP contribution in [0.15, 0.2) is 48.5 Å². The van der Waals surface area contributed by atoms with Gasteiger partial charge >= 0.3 is 0 Å². The van der Waals surface area contributed by atoms with Crippen LogP contribution in [0.1, 0.15) is 21.5 Å². The van der Waals surface area contributed by atoms with Gasteiger partial charge in [0.2, 0.25) is 6.79 Å². The monoisotopic (exact) mass is 250 g/mol. The van der Waals surface area contributed by atoms with Crippen molar-refractivity contribution < 1.29 is 14.3 Å². The normalized spacial score (nSPS) is 15.4. The van der Waals surface area contributed by atoms with Crippen LogP contribution in [0.3, 0.4) is 0 Å². The van der Waals surface area contributed by atoms with Gasteiger partial charge in [-0.25, -0.2) is 0 Å². The highest BCUT2D eigenvalue weighted by molar-refractivity contribution is 6.18. The maximum atomic E-state index is 12.0. The SMILES string of the molecule is O=C1C=C(c2ccc3c(c2)OCO3)c2ccccc21. The van der Waals surface area contributed by atoms with Gasteiger partial charge in [-0.2, -0.15) is 0 Å². The van der Waals surface area contributed by atoms with E-state index in [1.54, 1.807) is 6.08 Å². The Morgan fingerprint density at radius 2 is 1.68 bits per heavy atom. The standard InChI is InChI=1S/C16H10O3/c17-14-8-13(11-3-1-2-4-12(11)14)10-5-6-15-16(7-10)19-9-18-15/h1-8H,9H2. The molecule has 1 aliphatic carbocycles. The van der Waals surface area contributed by atoms with E-state index in [4.69, 9.17) is 9.47 Å². The van der Waals surface area contributed by atoms with E-state index in [0.29, 0.717) is 0 Å². The fourth-order valence-electron chi connectivity index (χ4n) is 2.52. The molecule has 2 aromatic rings. The lowest BCUT2D eigenvalue weighted by Crippen LogP contribution is -1.93. The molecular weight excluding hydrogens is 240 g/mol. The van der Waals surface area contributed by atoms with E-state index < -0.39 is 0 Å². The Hall–Kier alpha value is -2.55. The van der Waals surface area contributed by atoms with Crippen molar-refractivity contribution in [1.29, 1.82) is 0 Å². The summed E-state index contributed by atoms with van der Waals surface area (Å²) in [6, 6.07) is 13.4. The summed E-state index contributed by atoms with van der Waals surface area (Å²) in [4.78, 5) is 12.0.